The molecular weight excluding hydrogens is 803 g/mol. The summed E-state index contributed by atoms with van der Waals surface area (Å²) in [6.07, 6.45) is -3.76. The van der Waals surface area contributed by atoms with E-state index in [4.69, 9.17) is 28.4 Å². The van der Waals surface area contributed by atoms with Crippen LogP contribution in [0.25, 0.3) is 10.9 Å². The minimum atomic E-state index is -1.47. The molecule has 0 amide bonds. The second-order valence-corrected chi connectivity index (χ2v) is 18.3. The second kappa shape index (κ2) is 23.0. The highest BCUT2D eigenvalue weighted by molar-refractivity contribution is 5.82. The molecule has 2 aromatic rings. The van der Waals surface area contributed by atoms with Gasteiger partial charge in [0.25, 0.3) is 0 Å². The normalized spacial score (nSPS) is 39.0. The number of nitrogens with zero attached hydrogens (tertiary/aromatic N) is 3. The molecule has 0 radical (unpaired) electrons. The van der Waals surface area contributed by atoms with Crippen LogP contribution >= 0.6 is 0 Å². The zero-order valence-electron chi connectivity index (χ0n) is 37.7. The fourth-order valence-electron chi connectivity index (χ4n) is 9.44. The average molecular weight is 876 g/mol. The van der Waals surface area contributed by atoms with E-state index in [1.54, 1.807) is 32.8 Å². The van der Waals surface area contributed by atoms with Crippen LogP contribution in [0.1, 0.15) is 65.4 Å². The molecule has 0 aliphatic carbocycles. The molecule has 16 heteroatoms. The zero-order chi connectivity index (χ0) is 45.3. The van der Waals surface area contributed by atoms with Crippen LogP contribution in [0.15, 0.2) is 48.7 Å². The predicted molar refractivity (Wildman–Crippen MR) is 231 cm³/mol. The Hall–Kier alpha value is -2.68. The first kappa shape index (κ1) is 50.3. The minimum absolute atomic E-state index is 0.00490. The van der Waals surface area contributed by atoms with Crippen molar-refractivity contribution in [3.8, 4) is 0 Å². The number of allylic oxidation sites excluding steroid dienone is 1. The Morgan fingerprint density at radius 3 is 2.42 bits per heavy atom. The van der Waals surface area contributed by atoms with Gasteiger partial charge in [0.2, 0.25) is 0 Å². The third-order valence-electron chi connectivity index (χ3n) is 12.9. The summed E-state index contributed by atoms with van der Waals surface area (Å²) in [5.41, 5.74) is 0.616. The van der Waals surface area contributed by atoms with E-state index in [9.17, 15) is 35.4 Å². The SMILES string of the molecule is CO[C@@H]1[C@@H](O[C@@H]2OC(C)[C@@H](O[C@H]3CC(C)(O)[C@@H](O)C(C)O3)C(N(C)C)C2O)[C@@H](CCO)C[C@@H](C)[C@@H](O)CN(C)CC(/C=C\Cc2ccnc3ccccc23)CCOC(=O)C[C@H]1O. The van der Waals surface area contributed by atoms with E-state index in [1.807, 2.05) is 44.4 Å². The Balaban J connectivity index is 1.34. The van der Waals surface area contributed by atoms with Gasteiger partial charge in [0.05, 0.1) is 60.7 Å². The maximum Gasteiger partial charge on any atom is 0.308 e. The van der Waals surface area contributed by atoms with Crippen LogP contribution in [0.3, 0.4) is 0 Å². The molecule has 62 heavy (non-hydrogen) atoms. The summed E-state index contributed by atoms with van der Waals surface area (Å²) in [7, 11) is 6.90. The fraction of sp³-hybridized carbons (Fsp3) is 0.739. The lowest BCUT2D eigenvalue weighted by atomic mass is 9.82. The van der Waals surface area contributed by atoms with Crippen molar-refractivity contribution in [3.63, 3.8) is 0 Å². The molecule has 3 fully saturated rings. The summed E-state index contributed by atoms with van der Waals surface area (Å²) < 4.78 is 36.9. The van der Waals surface area contributed by atoms with Gasteiger partial charge in [-0.15, -0.1) is 0 Å². The number of fused-ring (bicyclic) bond motifs is 1. The van der Waals surface area contributed by atoms with Crippen molar-refractivity contribution in [1.29, 1.82) is 0 Å². The van der Waals surface area contributed by atoms with Crippen LogP contribution in [-0.4, -0.2) is 185 Å². The first-order valence-corrected chi connectivity index (χ1v) is 22.1. The van der Waals surface area contributed by atoms with Crippen LogP contribution < -0.4 is 0 Å². The molecule has 3 aliphatic rings. The second-order valence-electron chi connectivity index (χ2n) is 18.3. The van der Waals surface area contributed by atoms with Gasteiger partial charge in [-0.2, -0.15) is 0 Å². The Kier molecular flexibility index (Phi) is 18.6. The number of esters is 1. The van der Waals surface area contributed by atoms with Crippen LogP contribution in [0.2, 0.25) is 0 Å². The summed E-state index contributed by atoms with van der Waals surface area (Å²) in [6, 6.07) is 9.32. The predicted octanol–water partition coefficient (Wildman–Crippen LogP) is 2.03. The molecule has 6 N–H and O–H groups in total. The summed E-state index contributed by atoms with van der Waals surface area (Å²) in [4.78, 5) is 21.6. The van der Waals surface area contributed by atoms with E-state index in [2.05, 4.69) is 28.1 Å². The van der Waals surface area contributed by atoms with E-state index >= 15 is 0 Å². The smallest absolute Gasteiger partial charge is 0.308 e. The van der Waals surface area contributed by atoms with Crippen LogP contribution in [0, 0.1) is 17.8 Å². The molecule has 16 nitrogen and oxygen atoms in total. The fourth-order valence-corrected chi connectivity index (χ4v) is 9.44. The number of hydrogen-bond acceptors (Lipinski definition) is 16. The molecule has 5 rings (SSSR count). The number of benzene rings is 1. The maximum absolute atomic E-state index is 13.3. The van der Waals surface area contributed by atoms with E-state index in [0.717, 1.165) is 16.5 Å². The lowest BCUT2D eigenvalue weighted by Gasteiger charge is -2.50. The van der Waals surface area contributed by atoms with Crippen molar-refractivity contribution < 1.29 is 63.9 Å². The standard InChI is InChI=1S/C46H73N3O13/c1-27-22-32(17-20-50)42(62-45-40(54)39(48(5)6)41(28(2)60-45)61-38-24-46(4,56)44(55)29(3)59-38)43(57-8)35(51)23-37(53)58-21-18-30(25-49(7)26-36(27)52)12-11-13-31-16-19-47-34-15-10-9-14-33(31)34/h9-12,14-16,19,27-30,32,35-36,38-45,50-52,54-56H,13,17-18,20-26H2,1-8H3/b12-11-/t27-,28?,29?,30?,32+,35-,36+,38+,39?,40?,41-,42+,43+,44+,45+,46?/m1/s1. The molecule has 1 aromatic heterocycles. The summed E-state index contributed by atoms with van der Waals surface area (Å²) >= 11 is 0. The van der Waals surface area contributed by atoms with Crippen molar-refractivity contribution in [2.75, 3.05) is 54.6 Å². The largest absolute Gasteiger partial charge is 0.466 e. The summed E-state index contributed by atoms with van der Waals surface area (Å²) in [5.74, 6) is -1.47. The maximum atomic E-state index is 13.3. The number of aliphatic hydroxyl groups is 6. The van der Waals surface area contributed by atoms with E-state index in [-0.39, 0.29) is 37.9 Å². The Labute approximate surface area is 366 Å². The summed E-state index contributed by atoms with van der Waals surface area (Å²) in [6.45, 7) is 7.67. The minimum Gasteiger partial charge on any atom is -0.466 e. The quantitative estimate of drug-likeness (QED) is 0.141. The van der Waals surface area contributed by atoms with Gasteiger partial charge >= 0.3 is 5.97 Å². The number of carbonyl (C=O) groups is 1. The molecule has 16 atom stereocenters. The van der Waals surface area contributed by atoms with E-state index in [1.165, 1.54) is 14.0 Å². The molecule has 0 saturated carbocycles. The number of ether oxygens (including phenoxy) is 6. The topological polar surface area (TPSA) is 213 Å². The van der Waals surface area contributed by atoms with Crippen molar-refractivity contribution in [2.45, 2.75) is 145 Å². The highest BCUT2D eigenvalue weighted by Crippen LogP contribution is 2.37. The Morgan fingerprint density at radius 1 is 0.984 bits per heavy atom. The van der Waals surface area contributed by atoms with Crippen molar-refractivity contribution >= 4 is 16.9 Å². The van der Waals surface area contributed by atoms with Crippen LogP contribution in [0.5, 0.6) is 0 Å². The monoisotopic (exact) mass is 876 g/mol. The van der Waals surface area contributed by atoms with Crippen molar-refractivity contribution in [2.24, 2.45) is 17.8 Å². The molecule has 3 saturated heterocycles. The number of likely N-dealkylation sites (N-methyl/N-ethyl adjacent to an activating group) is 2. The number of β-amino-alcohol motifs (C(OH)–C–C–N with tert-alkyl or cyclic N) is 1. The number of aromatic nitrogens is 1. The number of cyclic esters (lactones) is 1. The molecule has 0 bridgehead atoms. The number of pyridine rings is 1. The first-order valence-electron chi connectivity index (χ1n) is 22.1. The first-order chi connectivity index (χ1) is 29.4. The number of hydrogen-bond donors (Lipinski definition) is 6. The van der Waals surface area contributed by atoms with Gasteiger partial charge in [0.15, 0.2) is 12.6 Å². The highest BCUT2D eigenvalue weighted by Gasteiger charge is 2.51. The Bertz CT molecular complexity index is 1710. The molecule has 0 spiro atoms. The highest BCUT2D eigenvalue weighted by atomic mass is 16.7. The molecule has 1 aromatic carbocycles. The van der Waals surface area contributed by atoms with E-state index in [0.29, 0.717) is 32.4 Å². The van der Waals surface area contributed by atoms with Gasteiger partial charge < -0.3 is 68.9 Å². The summed E-state index contributed by atoms with van der Waals surface area (Å²) in [5, 5.41) is 68.1. The zero-order valence-corrected chi connectivity index (χ0v) is 37.7. The van der Waals surface area contributed by atoms with Gasteiger partial charge in [-0.25, -0.2) is 0 Å². The number of aliphatic hydroxyl groups excluding tert-OH is 5. The molecular formula is C46H73N3O13. The van der Waals surface area contributed by atoms with Gasteiger partial charge in [0, 0.05) is 44.8 Å². The lowest BCUT2D eigenvalue weighted by molar-refractivity contribution is -0.344. The van der Waals surface area contributed by atoms with Crippen LogP contribution in [-0.2, 0) is 39.6 Å². The molecule has 4 heterocycles. The number of rotatable bonds is 11. The number of para-hydroxylation sites is 1. The molecule has 350 valence electrons. The average Bonchev–Trinajstić information content (AvgIpc) is 3.20. The Morgan fingerprint density at radius 2 is 1.73 bits per heavy atom. The van der Waals surface area contributed by atoms with Gasteiger partial charge in [-0.3, -0.25) is 9.78 Å². The number of carbonyl (C=O) groups excluding carboxylic acids is 1. The van der Waals surface area contributed by atoms with Crippen molar-refractivity contribution in [3.05, 3.63) is 54.2 Å². The molecule has 3 aliphatic heterocycles. The van der Waals surface area contributed by atoms with Crippen LogP contribution in [0.4, 0.5) is 0 Å². The van der Waals surface area contributed by atoms with Gasteiger partial charge in [0.1, 0.15) is 24.4 Å². The van der Waals surface area contributed by atoms with Gasteiger partial charge in [-0.1, -0.05) is 37.3 Å². The third-order valence-corrected chi connectivity index (χ3v) is 12.9. The number of methoxy groups -OCH3 is 1. The van der Waals surface area contributed by atoms with E-state index < -0.39 is 97.5 Å². The van der Waals surface area contributed by atoms with Crippen molar-refractivity contribution in [1.82, 2.24) is 14.8 Å². The molecule has 6 unspecified atom stereocenters. The third kappa shape index (κ3) is 13.0. The van der Waals surface area contributed by atoms with Gasteiger partial charge in [-0.05, 0) is 103 Å². The lowest BCUT2D eigenvalue weighted by Crippen LogP contribution is -2.65.